The summed E-state index contributed by atoms with van der Waals surface area (Å²) in [4.78, 5) is 45.8. The molecule has 0 spiro atoms. The molecular weight excluding hydrogens is 663 g/mol. The average molecular weight is 706 g/mol. The zero-order valence-electron chi connectivity index (χ0n) is 27.3. The molecule has 0 saturated carbocycles. The van der Waals surface area contributed by atoms with Gasteiger partial charge in [-0.05, 0) is 86.1 Å². The number of urea groups is 2. The summed E-state index contributed by atoms with van der Waals surface area (Å²) in [6, 6.07) is 7.77. The average Bonchev–Trinajstić information content (AvgIpc) is 3.27. The van der Waals surface area contributed by atoms with Crippen LogP contribution in [-0.2, 0) is 28.5 Å². The van der Waals surface area contributed by atoms with Gasteiger partial charge in [0.25, 0.3) is 0 Å². The lowest BCUT2D eigenvalue weighted by atomic mass is 9.80. The van der Waals surface area contributed by atoms with E-state index < -0.39 is 34.6 Å². The van der Waals surface area contributed by atoms with Gasteiger partial charge in [-0.2, -0.15) is 13.2 Å². The van der Waals surface area contributed by atoms with Gasteiger partial charge in [0.05, 0.1) is 10.6 Å². The first kappa shape index (κ1) is 35.1. The van der Waals surface area contributed by atoms with Crippen LogP contribution in [0.5, 0.6) is 5.75 Å². The van der Waals surface area contributed by atoms with Gasteiger partial charge in [0.15, 0.2) is 0 Å². The molecule has 0 aromatic heterocycles. The van der Waals surface area contributed by atoms with Crippen molar-refractivity contribution in [1.82, 2.24) is 20.0 Å². The number of fused-ring (bicyclic) bond motifs is 1. The molecule has 0 unspecified atom stereocenters. The molecular formula is C35H43ClF3N5O5. The van der Waals surface area contributed by atoms with Crippen molar-refractivity contribution >= 4 is 35.3 Å². The second-order valence-electron chi connectivity index (χ2n) is 13.5. The highest BCUT2D eigenvalue weighted by molar-refractivity contribution is 6.32. The minimum absolute atomic E-state index is 0.0674. The molecule has 0 bridgehead atoms. The SMILES string of the molecule is O=C(N[C@H](Cc1cc(Cl)c(O)c(C(F)(F)F)c1)C(=O)N1CCC(C2CCOCC2)CC1)N1CCC(N2CCc3ccccc3NC2=O)CC1. The fourth-order valence-corrected chi connectivity index (χ4v) is 8.02. The molecule has 2 aromatic carbocycles. The Kier molecular flexibility index (Phi) is 10.8. The molecule has 10 nitrogen and oxygen atoms in total. The van der Waals surface area contributed by atoms with Gasteiger partial charge in [0.2, 0.25) is 5.91 Å². The molecule has 4 aliphatic rings. The Hall–Kier alpha value is -3.71. The highest BCUT2D eigenvalue weighted by Crippen LogP contribution is 2.41. The number of likely N-dealkylation sites (tertiary alicyclic amines) is 2. The Bertz CT molecular complexity index is 1520. The van der Waals surface area contributed by atoms with Gasteiger partial charge in [0, 0.05) is 64.1 Å². The van der Waals surface area contributed by atoms with Gasteiger partial charge < -0.3 is 35.2 Å². The quantitative estimate of drug-likeness (QED) is 0.346. The van der Waals surface area contributed by atoms with E-state index in [1.807, 2.05) is 29.2 Å². The summed E-state index contributed by atoms with van der Waals surface area (Å²) in [5.41, 5.74) is 0.633. The van der Waals surface area contributed by atoms with Crippen LogP contribution in [0.3, 0.4) is 0 Å². The molecule has 3 fully saturated rings. The summed E-state index contributed by atoms with van der Waals surface area (Å²) >= 11 is 6.00. The second kappa shape index (κ2) is 15.0. The van der Waals surface area contributed by atoms with Gasteiger partial charge >= 0.3 is 18.2 Å². The maximum atomic E-state index is 14.0. The lowest BCUT2D eigenvalue weighted by Gasteiger charge is -2.40. The number of amides is 5. The summed E-state index contributed by atoms with van der Waals surface area (Å²) < 4.78 is 46.6. The predicted octanol–water partition coefficient (Wildman–Crippen LogP) is 5.90. The predicted molar refractivity (Wildman–Crippen MR) is 177 cm³/mol. The van der Waals surface area contributed by atoms with Gasteiger partial charge in [-0.1, -0.05) is 29.8 Å². The Balaban J connectivity index is 1.12. The van der Waals surface area contributed by atoms with E-state index in [4.69, 9.17) is 16.3 Å². The van der Waals surface area contributed by atoms with Gasteiger partial charge in [-0.25, -0.2) is 9.59 Å². The van der Waals surface area contributed by atoms with Crippen molar-refractivity contribution in [2.75, 3.05) is 51.3 Å². The first-order valence-electron chi connectivity index (χ1n) is 17.1. The summed E-state index contributed by atoms with van der Waals surface area (Å²) in [6.45, 7) is 3.70. The van der Waals surface area contributed by atoms with Crippen LogP contribution in [0.4, 0.5) is 28.4 Å². The van der Waals surface area contributed by atoms with Gasteiger partial charge in [-0.3, -0.25) is 4.79 Å². The number of anilines is 1. The number of piperidine rings is 2. The summed E-state index contributed by atoms with van der Waals surface area (Å²) in [5, 5.41) is 15.3. The normalized spacial score (nSPS) is 20.7. The first-order valence-corrected chi connectivity index (χ1v) is 17.5. The van der Waals surface area contributed by atoms with Crippen molar-refractivity contribution in [1.29, 1.82) is 0 Å². The van der Waals surface area contributed by atoms with Crippen molar-refractivity contribution in [2.45, 2.75) is 69.6 Å². The van der Waals surface area contributed by atoms with Crippen LogP contribution in [0.25, 0.3) is 0 Å². The van der Waals surface area contributed by atoms with Crippen LogP contribution in [0.2, 0.25) is 5.02 Å². The van der Waals surface area contributed by atoms with Crippen molar-refractivity contribution in [3.63, 3.8) is 0 Å². The largest absolute Gasteiger partial charge is 0.506 e. The van der Waals surface area contributed by atoms with Crippen molar-refractivity contribution < 1.29 is 37.4 Å². The Morgan fingerprint density at radius 3 is 2.31 bits per heavy atom. The molecule has 4 aliphatic heterocycles. The number of para-hydroxylation sites is 1. The Morgan fingerprint density at radius 2 is 1.61 bits per heavy atom. The van der Waals surface area contributed by atoms with E-state index in [0.717, 1.165) is 56.2 Å². The molecule has 1 atom stereocenters. The molecule has 5 amide bonds. The van der Waals surface area contributed by atoms with Crippen LogP contribution in [0.1, 0.15) is 55.2 Å². The lowest BCUT2D eigenvalue weighted by Crippen LogP contribution is -2.57. The van der Waals surface area contributed by atoms with Crippen molar-refractivity contribution in [2.24, 2.45) is 11.8 Å². The summed E-state index contributed by atoms with van der Waals surface area (Å²) in [6.07, 6.45) is 0.292. The second-order valence-corrected chi connectivity index (χ2v) is 13.9. The number of alkyl halides is 3. The molecule has 14 heteroatoms. The number of carbonyl (C=O) groups excluding carboxylic acids is 3. The molecule has 4 heterocycles. The minimum atomic E-state index is -4.87. The number of phenolic OH excluding ortho intramolecular Hbond substituents is 1. The van der Waals surface area contributed by atoms with Gasteiger partial charge in [-0.15, -0.1) is 0 Å². The van der Waals surface area contributed by atoms with E-state index in [1.165, 1.54) is 6.07 Å². The van der Waals surface area contributed by atoms with E-state index in [1.54, 1.807) is 9.80 Å². The number of halogens is 4. The lowest BCUT2D eigenvalue weighted by molar-refractivity contribution is -0.138. The van der Waals surface area contributed by atoms with Crippen molar-refractivity contribution in [3.8, 4) is 5.75 Å². The van der Waals surface area contributed by atoms with Gasteiger partial charge in [0.1, 0.15) is 11.8 Å². The Labute approximate surface area is 288 Å². The number of hydrogen-bond acceptors (Lipinski definition) is 5. The number of hydrogen-bond donors (Lipinski definition) is 3. The van der Waals surface area contributed by atoms with Crippen LogP contribution < -0.4 is 10.6 Å². The van der Waals surface area contributed by atoms with E-state index in [2.05, 4.69) is 10.6 Å². The minimum Gasteiger partial charge on any atom is -0.506 e. The van der Waals surface area contributed by atoms with E-state index in [-0.39, 0.29) is 30.0 Å². The highest BCUT2D eigenvalue weighted by atomic mass is 35.5. The zero-order chi connectivity index (χ0) is 34.7. The molecule has 2 aromatic rings. The third kappa shape index (κ3) is 8.20. The molecule has 0 radical (unpaired) electrons. The molecule has 0 aliphatic carbocycles. The van der Waals surface area contributed by atoms with E-state index >= 15 is 0 Å². The number of phenols is 1. The summed E-state index contributed by atoms with van der Waals surface area (Å²) in [5.74, 6) is -0.440. The smallest absolute Gasteiger partial charge is 0.420 e. The number of carbonyl (C=O) groups is 3. The summed E-state index contributed by atoms with van der Waals surface area (Å²) in [7, 11) is 0. The fraction of sp³-hybridized carbons (Fsp3) is 0.571. The number of rotatable bonds is 6. The molecule has 3 saturated heterocycles. The van der Waals surface area contributed by atoms with Crippen molar-refractivity contribution in [3.05, 3.63) is 58.1 Å². The maximum absolute atomic E-state index is 14.0. The standard InChI is InChI=1S/C35H43ClF3N5O5/c36-28-20-22(19-27(31(28)45)35(37,38)39)21-30(32(46)42-12-5-23(6-13-42)24-10-17-49-18-11-24)41-33(47)43-14-8-26(9-15-43)44-16-7-25-3-1-2-4-29(25)40-34(44)48/h1-4,19-20,23-24,26,30,45H,5-18,21H2,(H,40,48)(H,41,47)/t30-/m1/s1. The number of aromatic hydroxyl groups is 1. The zero-order valence-corrected chi connectivity index (χ0v) is 28.1. The number of nitrogens with zero attached hydrogens (tertiary/aromatic N) is 3. The topological polar surface area (TPSA) is 114 Å². The van der Waals surface area contributed by atoms with Crippen LogP contribution >= 0.6 is 11.6 Å². The molecule has 266 valence electrons. The van der Waals surface area contributed by atoms with E-state index in [9.17, 15) is 32.7 Å². The Morgan fingerprint density at radius 1 is 0.959 bits per heavy atom. The van der Waals surface area contributed by atoms with Crippen LogP contribution in [0, 0.1) is 11.8 Å². The van der Waals surface area contributed by atoms with E-state index in [0.29, 0.717) is 63.8 Å². The molecule has 3 N–H and O–H groups in total. The highest BCUT2D eigenvalue weighted by Gasteiger charge is 2.38. The first-order chi connectivity index (χ1) is 23.5. The number of benzene rings is 2. The van der Waals surface area contributed by atoms with Crippen LogP contribution in [-0.4, -0.2) is 95.8 Å². The number of nitrogens with one attached hydrogen (secondary N) is 2. The fourth-order valence-electron chi connectivity index (χ4n) is 7.78. The maximum Gasteiger partial charge on any atom is 0.420 e. The third-order valence-corrected chi connectivity index (χ3v) is 10.9. The molecule has 49 heavy (non-hydrogen) atoms. The monoisotopic (exact) mass is 705 g/mol. The van der Waals surface area contributed by atoms with Crippen LogP contribution in [0.15, 0.2) is 36.4 Å². The third-order valence-electron chi connectivity index (χ3n) is 10.6. The molecule has 6 rings (SSSR count). The number of ether oxygens (including phenoxy) is 1.